The van der Waals surface area contributed by atoms with Gasteiger partial charge in [-0.25, -0.2) is 26.4 Å². The zero-order chi connectivity index (χ0) is 44.9. The SMILES string of the molecule is CCc1ccc(S(=O)(=O)Nc2ccccc2CCCc2ccc(C(=O)O)cc2)cc1.O=C(O)c1ccc(CCCc2ccccc2NS(=O)(=O)c2ccc(C(F)(F)F)cc2)cc1. The van der Waals surface area contributed by atoms with Gasteiger partial charge in [0.2, 0.25) is 0 Å². The van der Waals surface area contributed by atoms with Gasteiger partial charge in [-0.05, 0) is 146 Å². The predicted octanol–water partition coefficient (Wildman–Crippen LogP) is 10.3. The number of carboxylic acids is 2. The Balaban J connectivity index is 0.000000235. The number of anilines is 2. The maximum Gasteiger partial charge on any atom is 0.416 e. The molecule has 4 N–H and O–H groups in total. The molecule has 0 saturated heterocycles. The van der Waals surface area contributed by atoms with Gasteiger partial charge in [0.05, 0.1) is 37.9 Å². The fraction of sp³-hybridized carbons (Fsp3) is 0.191. The van der Waals surface area contributed by atoms with Crippen LogP contribution in [0.1, 0.15) is 73.9 Å². The van der Waals surface area contributed by atoms with Gasteiger partial charge in [-0.3, -0.25) is 9.44 Å². The van der Waals surface area contributed by atoms with E-state index >= 15 is 0 Å². The Bertz CT molecular complexity index is 2670. The second kappa shape index (κ2) is 20.9. The lowest BCUT2D eigenvalue weighted by molar-refractivity contribution is -0.137. The van der Waals surface area contributed by atoms with Crippen molar-refractivity contribution in [2.24, 2.45) is 0 Å². The van der Waals surface area contributed by atoms with E-state index in [2.05, 4.69) is 9.44 Å². The summed E-state index contributed by atoms with van der Waals surface area (Å²) in [5.74, 6) is -1.93. The van der Waals surface area contributed by atoms with Crippen LogP contribution in [0.3, 0.4) is 0 Å². The van der Waals surface area contributed by atoms with Crippen LogP contribution in [0.15, 0.2) is 155 Å². The lowest BCUT2D eigenvalue weighted by Crippen LogP contribution is -2.15. The fourth-order valence-corrected chi connectivity index (χ4v) is 8.61. The molecule has 6 aromatic carbocycles. The van der Waals surface area contributed by atoms with Crippen molar-refractivity contribution in [1.29, 1.82) is 0 Å². The molecule has 0 aliphatic heterocycles. The van der Waals surface area contributed by atoms with E-state index in [0.717, 1.165) is 71.3 Å². The smallest absolute Gasteiger partial charge is 0.416 e. The number of hydrogen-bond donors (Lipinski definition) is 4. The molecule has 0 saturated carbocycles. The monoisotopic (exact) mass is 886 g/mol. The van der Waals surface area contributed by atoms with Crippen LogP contribution in [0.2, 0.25) is 0 Å². The van der Waals surface area contributed by atoms with Crippen LogP contribution < -0.4 is 9.44 Å². The highest BCUT2D eigenvalue weighted by Crippen LogP contribution is 2.30. The summed E-state index contributed by atoms with van der Waals surface area (Å²) in [7, 11) is -7.72. The van der Waals surface area contributed by atoms with Gasteiger partial charge in [0, 0.05) is 0 Å². The Hall–Kier alpha value is -6.45. The minimum atomic E-state index is -4.55. The van der Waals surface area contributed by atoms with Crippen molar-refractivity contribution in [3.63, 3.8) is 0 Å². The van der Waals surface area contributed by atoms with Gasteiger partial charge >= 0.3 is 18.1 Å². The van der Waals surface area contributed by atoms with E-state index < -0.39 is 43.7 Å². The predicted molar refractivity (Wildman–Crippen MR) is 233 cm³/mol. The Morgan fingerprint density at radius 2 is 0.855 bits per heavy atom. The van der Waals surface area contributed by atoms with Crippen LogP contribution in [-0.4, -0.2) is 39.0 Å². The van der Waals surface area contributed by atoms with Gasteiger partial charge in [0.1, 0.15) is 0 Å². The van der Waals surface area contributed by atoms with Gasteiger partial charge < -0.3 is 10.2 Å². The van der Waals surface area contributed by atoms with Crippen molar-refractivity contribution >= 4 is 43.4 Å². The Kier molecular flexibility index (Phi) is 15.7. The van der Waals surface area contributed by atoms with E-state index in [4.69, 9.17) is 10.2 Å². The molecule has 0 amide bonds. The number of benzene rings is 6. The van der Waals surface area contributed by atoms with E-state index in [9.17, 15) is 39.6 Å². The normalized spacial score (nSPS) is 11.5. The first-order chi connectivity index (χ1) is 29.4. The molecule has 6 rings (SSSR count). The first kappa shape index (κ1) is 46.6. The number of carboxylic acid groups (broad SMARTS) is 2. The minimum Gasteiger partial charge on any atom is -0.478 e. The maximum absolute atomic E-state index is 12.8. The summed E-state index contributed by atoms with van der Waals surface area (Å²) >= 11 is 0. The summed E-state index contributed by atoms with van der Waals surface area (Å²) in [4.78, 5) is 21.8. The van der Waals surface area contributed by atoms with Crippen molar-refractivity contribution in [1.82, 2.24) is 0 Å². The van der Waals surface area contributed by atoms with Crippen molar-refractivity contribution in [2.75, 3.05) is 9.44 Å². The van der Waals surface area contributed by atoms with Crippen LogP contribution in [0.5, 0.6) is 0 Å². The molecule has 0 bridgehead atoms. The lowest BCUT2D eigenvalue weighted by atomic mass is 10.0. The average molecular weight is 887 g/mol. The van der Waals surface area contributed by atoms with Crippen molar-refractivity contribution in [2.45, 2.75) is 67.8 Å². The largest absolute Gasteiger partial charge is 0.478 e. The van der Waals surface area contributed by atoms with Gasteiger partial charge in [-0.1, -0.05) is 79.7 Å². The zero-order valence-corrected chi connectivity index (χ0v) is 35.2. The maximum atomic E-state index is 12.8. The summed E-state index contributed by atoms with van der Waals surface area (Å²) in [6, 6.07) is 37.8. The van der Waals surface area contributed by atoms with E-state index in [0.29, 0.717) is 37.1 Å². The molecule has 0 aromatic heterocycles. The molecule has 62 heavy (non-hydrogen) atoms. The van der Waals surface area contributed by atoms with Crippen molar-refractivity contribution in [3.8, 4) is 0 Å². The molecular weight excluding hydrogens is 842 g/mol. The van der Waals surface area contributed by atoms with Crippen molar-refractivity contribution in [3.05, 3.63) is 190 Å². The first-order valence-electron chi connectivity index (χ1n) is 19.6. The molecule has 324 valence electrons. The summed E-state index contributed by atoms with van der Waals surface area (Å²) in [6.07, 6.45) is 0.508. The number of alkyl halides is 3. The molecule has 6 aromatic rings. The van der Waals surface area contributed by atoms with Crippen LogP contribution in [-0.2, 0) is 58.3 Å². The van der Waals surface area contributed by atoms with Crippen LogP contribution in [0.4, 0.5) is 24.5 Å². The molecule has 0 heterocycles. The summed E-state index contributed by atoms with van der Waals surface area (Å²) in [5.41, 5.74) is 5.25. The van der Waals surface area contributed by atoms with E-state index in [1.165, 1.54) is 12.1 Å². The van der Waals surface area contributed by atoms with Crippen LogP contribution in [0.25, 0.3) is 0 Å². The number of halogens is 3. The standard InChI is InChI=1S/C24H25NO4S.C23H20F3NO4S/c1-2-18-12-16-22(17-13-18)30(28,29)25-23-9-4-3-7-20(23)8-5-6-19-10-14-21(15-11-19)24(26)27;24-23(25,26)19-12-14-20(15-13-19)32(30,31)27-21-7-2-1-5-17(21)6-3-4-16-8-10-18(11-9-16)22(28)29/h3-4,7,9-17,25H,2,5-6,8H2,1H3,(H,26,27);1-2,5,7-15,27H,3-4,6H2,(H,28,29). The molecule has 15 heteroatoms. The number of hydrogen-bond acceptors (Lipinski definition) is 6. The molecule has 0 fully saturated rings. The minimum absolute atomic E-state index is 0.205. The average Bonchev–Trinajstić information content (AvgIpc) is 3.25. The number of para-hydroxylation sites is 2. The highest BCUT2D eigenvalue weighted by Gasteiger charge is 2.30. The van der Waals surface area contributed by atoms with E-state index in [1.807, 2.05) is 49.4 Å². The lowest BCUT2D eigenvalue weighted by Gasteiger charge is -2.13. The van der Waals surface area contributed by atoms with Gasteiger partial charge in [0.25, 0.3) is 20.0 Å². The third-order valence-electron chi connectivity index (χ3n) is 9.88. The van der Waals surface area contributed by atoms with Crippen LogP contribution in [0, 0.1) is 0 Å². The number of rotatable bonds is 17. The number of nitrogens with one attached hydrogen (secondary N) is 2. The van der Waals surface area contributed by atoms with E-state index in [-0.39, 0.29) is 20.9 Å². The molecular formula is C47H45F3N2O8S2. The molecule has 0 aliphatic carbocycles. The first-order valence-corrected chi connectivity index (χ1v) is 22.5. The van der Waals surface area contributed by atoms with Crippen LogP contribution >= 0.6 is 0 Å². The van der Waals surface area contributed by atoms with Crippen molar-refractivity contribution < 1.29 is 49.8 Å². The molecule has 0 spiro atoms. The Labute approximate surface area is 359 Å². The van der Waals surface area contributed by atoms with Gasteiger partial charge in [-0.15, -0.1) is 0 Å². The number of sulfonamides is 2. The Morgan fingerprint density at radius 3 is 1.21 bits per heavy atom. The van der Waals surface area contributed by atoms with Gasteiger partial charge in [0.15, 0.2) is 0 Å². The topological polar surface area (TPSA) is 167 Å². The molecule has 0 unspecified atom stereocenters. The fourth-order valence-electron chi connectivity index (χ4n) is 6.40. The zero-order valence-electron chi connectivity index (χ0n) is 33.6. The Morgan fingerprint density at radius 1 is 0.500 bits per heavy atom. The molecule has 0 atom stereocenters. The highest BCUT2D eigenvalue weighted by atomic mass is 32.2. The highest BCUT2D eigenvalue weighted by molar-refractivity contribution is 7.93. The second-order valence-corrected chi connectivity index (χ2v) is 17.6. The number of aromatic carboxylic acids is 2. The molecule has 10 nitrogen and oxygen atoms in total. The second-order valence-electron chi connectivity index (χ2n) is 14.3. The number of aryl methyl sites for hydroxylation is 5. The quantitative estimate of drug-likeness (QED) is 0.0702. The number of carbonyl (C=O) groups is 2. The van der Waals surface area contributed by atoms with E-state index in [1.54, 1.807) is 66.7 Å². The summed E-state index contributed by atoms with van der Waals surface area (Å²) in [5, 5.41) is 17.9. The molecule has 0 aliphatic rings. The summed E-state index contributed by atoms with van der Waals surface area (Å²) in [6.45, 7) is 2.03. The summed E-state index contributed by atoms with van der Waals surface area (Å²) < 4.78 is 94.2. The third-order valence-corrected chi connectivity index (χ3v) is 12.6. The third kappa shape index (κ3) is 13.3. The van der Waals surface area contributed by atoms with Gasteiger partial charge in [-0.2, -0.15) is 13.2 Å². The molecule has 0 radical (unpaired) electrons.